The van der Waals surface area contributed by atoms with E-state index in [-0.39, 0.29) is 11.7 Å². The van der Waals surface area contributed by atoms with Crippen molar-refractivity contribution in [3.05, 3.63) is 95.4 Å². The topological polar surface area (TPSA) is 45.2 Å². The molecule has 0 radical (unpaired) electrons. The number of aromatic nitrogens is 1. The smallest absolute Gasteiger partial charge is 0.255 e. The summed E-state index contributed by atoms with van der Waals surface area (Å²) in [6.45, 7) is 2.81. The third-order valence-corrected chi connectivity index (χ3v) is 5.16. The summed E-state index contributed by atoms with van der Waals surface area (Å²) in [7, 11) is 4.06. The average Bonchev–Trinajstić information content (AvgIpc) is 2.74. The summed E-state index contributed by atoms with van der Waals surface area (Å²) in [5.41, 5.74) is 6.10. The highest BCUT2D eigenvalue weighted by Gasteiger charge is 2.10. The van der Waals surface area contributed by atoms with Gasteiger partial charge in [0.1, 0.15) is 5.82 Å². The second-order valence-electron chi connectivity index (χ2n) is 7.98. The molecule has 0 saturated carbocycles. The van der Waals surface area contributed by atoms with Gasteiger partial charge in [0, 0.05) is 29.4 Å². The van der Waals surface area contributed by atoms with Crippen molar-refractivity contribution in [2.24, 2.45) is 0 Å². The first-order chi connectivity index (χ1) is 14.9. The molecule has 0 fully saturated rings. The third-order valence-electron chi connectivity index (χ3n) is 5.16. The van der Waals surface area contributed by atoms with Crippen LogP contribution in [0.1, 0.15) is 21.5 Å². The zero-order valence-electron chi connectivity index (χ0n) is 17.8. The van der Waals surface area contributed by atoms with Crippen molar-refractivity contribution in [1.29, 1.82) is 0 Å². The number of carbonyl (C=O) groups excluding carboxylic acids is 1. The molecule has 156 valence electrons. The molecule has 4 aromatic rings. The summed E-state index contributed by atoms with van der Waals surface area (Å²) in [4.78, 5) is 19.4. The molecule has 0 aliphatic heterocycles. The van der Waals surface area contributed by atoms with Crippen LogP contribution in [-0.4, -0.2) is 29.9 Å². The maximum atomic E-state index is 13.1. The van der Waals surface area contributed by atoms with E-state index >= 15 is 0 Å². The lowest BCUT2D eigenvalue weighted by Crippen LogP contribution is -2.13. The van der Waals surface area contributed by atoms with Crippen molar-refractivity contribution in [2.45, 2.75) is 13.5 Å². The molecule has 0 spiro atoms. The summed E-state index contributed by atoms with van der Waals surface area (Å²) in [5.74, 6) is -0.453. The fourth-order valence-electron chi connectivity index (χ4n) is 3.57. The number of nitrogens with zero attached hydrogens (tertiary/aromatic N) is 2. The van der Waals surface area contributed by atoms with Gasteiger partial charge in [-0.3, -0.25) is 9.78 Å². The maximum absolute atomic E-state index is 13.1. The van der Waals surface area contributed by atoms with Crippen molar-refractivity contribution in [3.63, 3.8) is 0 Å². The lowest BCUT2D eigenvalue weighted by Gasteiger charge is -2.13. The number of anilines is 1. The summed E-state index contributed by atoms with van der Waals surface area (Å²) in [5, 5.41) is 4.05. The van der Waals surface area contributed by atoms with Crippen LogP contribution in [-0.2, 0) is 6.54 Å². The van der Waals surface area contributed by atoms with Crippen molar-refractivity contribution in [2.75, 3.05) is 19.4 Å². The highest BCUT2D eigenvalue weighted by atomic mass is 19.1. The van der Waals surface area contributed by atoms with Crippen LogP contribution in [0.2, 0.25) is 0 Å². The van der Waals surface area contributed by atoms with Gasteiger partial charge in [-0.1, -0.05) is 24.3 Å². The Morgan fingerprint density at radius 1 is 0.968 bits per heavy atom. The van der Waals surface area contributed by atoms with Crippen LogP contribution in [0.4, 0.5) is 10.1 Å². The molecule has 1 amide bonds. The number of carbonyl (C=O) groups is 1. The van der Waals surface area contributed by atoms with E-state index in [1.54, 1.807) is 24.3 Å². The molecule has 1 aromatic heterocycles. The molecule has 4 nitrogen and oxygen atoms in total. The monoisotopic (exact) mass is 413 g/mol. The minimum Gasteiger partial charge on any atom is -0.322 e. The first-order valence-corrected chi connectivity index (χ1v) is 10.1. The van der Waals surface area contributed by atoms with E-state index in [0.717, 1.165) is 45.4 Å². The van der Waals surface area contributed by atoms with Crippen molar-refractivity contribution >= 4 is 22.5 Å². The van der Waals surface area contributed by atoms with Crippen LogP contribution < -0.4 is 5.32 Å². The zero-order chi connectivity index (χ0) is 22.0. The van der Waals surface area contributed by atoms with Crippen LogP contribution in [0, 0.1) is 12.7 Å². The molecule has 31 heavy (non-hydrogen) atoms. The van der Waals surface area contributed by atoms with Crippen molar-refractivity contribution in [3.8, 4) is 11.1 Å². The molecule has 0 unspecified atom stereocenters. The lowest BCUT2D eigenvalue weighted by molar-refractivity contribution is 0.102. The van der Waals surface area contributed by atoms with Crippen molar-refractivity contribution in [1.82, 2.24) is 9.88 Å². The van der Waals surface area contributed by atoms with Crippen LogP contribution in [0.15, 0.2) is 72.9 Å². The van der Waals surface area contributed by atoms with Gasteiger partial charge in [-0.05, 0) is 85.7 Å². The quantitative estimate of drug-likeness (QED) is 0.459. The van der Waals surface area contributed by atoms with E-state index in [2.05, 4.69) is 27.3 Å². The molecule has 4 rings (SSSR count). The number of hydrogen-bond acceptors (Lipinski definition) is 3. The molecule has 3 aromatic carbocycles. The van der Waals surface area contributed by atoms with Crippen LogP contribution in [0.25, 0.3) is 22.0 Å². The molecular formula is C26H24FN3O. The van der Waals surface area contributed by atoms with E-state index in [9.17, 15) is 9.18 Å². The van der Waals surface area contributed by atoms with Crippen LogP contribution in [0.5, 0.6) is 0 Å². The number of aryl methyl sites for hydroxylation is 1. The number of fused-ring (bicyclic) bond motifs is 1. The van der Waals surface area contributed by atoms with Gasteiger partial charge in [-0.25, -0.2) is 4.39 Å². The van der Waals surface area contributed by atoms with Gasteiger partial charge in [0.15, 0.2) is 0 Å². The predicted octanol–water partition coefficient (Wildman–Crippen LogP) is 5.66. The highest BCUT2D eigenvalue weighted by molar-refractivity contribution is 6.05. The number of pyridine rings is 1. The van der Waals surface area contributed by atoms with Gasteiger partial charge in [-0.15, -0.1) is 0 Å². The summed E-state index contributed by atoms with van der Waals surface area (Å²) in [6.07, 6.45) is 1.87. The van der Waals surface area contributed by atoms with E-state index in [1.807, 2.05) is 45.4 Å². The van der Waals surface area contributed by atoms with E-state index in [4.69, 9.17) is 0 Å². The van der Waals surface area contributed by atoms with Gasteiger partial charge in [0.25, 0.3) is 5.91 Å². The fourth-order valence-corrected chi connectivity index (χ4v) is 3.57. The van der Waals surface area contributed by atoms with Gasteiger partial charge in [0.05, 0.1) is 5.52 Å². The van der Waals surface area contributed by atoms with E-state index in [1.165, 1.54) is 12.1 Å². The maximum Gasteiger partial charge on any atom is 0.255 e. The Morgan fingerprint density at radius 3 is 2.26 bits per heavy atom. The van der Waals surface area contributed by atoms with Gasteiger partial charge < -0.3 is 10.2 Å². The minimum atomic E-state index is -0.270. The molecule has 0 atom stereocenters. The number of halogens is 1. The molecule has 1 heterocycles. The normalized spacial score (nSPS) is 11.1. The summed E-state index contributed by atoms with van der Waals surface area (Å²) < 4.78 is 13.1. The Labute approximate surface area is 181 Å². The zero-order valence-corrected chi connectivity index (χ0v) is 17.8. The Bertz CT molecular complexity index is 1230. The number of rotatable bonds is 5. The number of nitrogens with one attached hydrogen (secondary N) is 1. The summed E-state index contributed by atoms with van der Waals surface area (Å²) in [6, 6.07) is 19.7. The van der Waals surface area contributed by atoms with Gasteiger partial charge in [-0.2, -0.15) is 0 Å². The Balaban J connectivity index is 1.53. The first kappa shape index (κ1) is 20.7. The Hall–Kier alpha value is -3.57. The van der Waals surface area contributed by atoms with E-state index < -0.39 is 0 Å². The molecular weight excluding hydrogens is 389 g/mol. The van der Waals surface area contributed by atoms with Crippen LogP contribution in [0.3, 0.4) is 0 Å². The molecule has 0 bridgehead atoms. The second-order valence-corrected chi connectivity index (χ2v) is 7.98. The Kier molecular flexibility index (Phi) is 5.78. The Morgan fingerprint density at radius 2 is 1.61 bits per heavy atom. The lowest BCUT2D eigenvalue weighted by atomic mass is 10.0. The molecule has 0 aliphatic carbocycles. The highest BCUT2D eigenvalue weighted by Crippen LogP contribution is 2.25. The third kappa shape index (κ3) is 4.78. The first-order valence-electron chi connectivity index (χ1n) is 10.1. The van der Waals surface area contributed by atoms with Crippen molar-refractivity contribution < 1.29 is 9.18 Å². The fraction of sp³-hybridized carbons (Fsp3) is 0.154. The van der Waals surface area contributed by atoms with Crippen LogP contribution >= 0.6 is 0 Å². The number of benzene rings is 3. The number of hydrogen-bond donors (Lipinski definition) is 1. The summed E-state index contributed by atoms with van der Waals surface area (Å²) >= 11 is 0. The predicted molar refractivity (Wildman–Crippen MR) is 124 cm³/mol. The van der Waals surface area contributed by atoms with Gasteiger partial charge in [0.2, 0.25) is 0 Å². The molecule has 1 N–H and O–H groups in total. The average molecular weight is 413 g/mol. The largest absolute Gasteiger partial charge is 0.322 e. The molecule has 0 saturated heterocycles. The second kappa shape index (κ2) is 8.66. The number of amides is 1. The molecule has 5 heteroatoms. The minimum absolute atomic E-state index is 0.183. The molecule has 0 aliphatic rings. The SMILES string of the molecule is Cc1cc2cc(CN(C)C)cnc2cc1NC(=O)c1ccc(-c2ccc(F)cc2)cc1. The van der Waals surface area contributed by atoms with Gasteiger partial charge >= 0.3 is 0 Å². The van der Waals surface area contributed by atoms with E-state index in [0.29, 0.717) is 5.56 Å². The standard InChI is InChI=1S/C26H24FN3O/c1-17-12-22-13-18(16-30(2)3)15-28-25(22)14-24(17)29-26(31)21-6-4-19(5-7-21)20-8-10-23(27)11-9-20/h4-15H,16H2,1-3H3,(H,29,31).